The molecule has 1 fully saturated rings. The fraction of sp³-hybridized carbons (Fsp3) is 0.667. The van der Waals surface area contributed by atoms with Gasteiger partial charge in [-0.2, -0.15) is 0 Å². The number of nitrogens with zero attached hydrogens (tertiary/aromatic N) is 3. The lowest BCUT2D eigenvalue weighted by molar-refractivity contribution is 0.0191. The van der Waals surface area contributed by atoms with E-state index in [0.717, 1.165) is 21.5 Å². The van der Waals surface area contributed by atoms with Crippen molar-refractivity contribution in [1.82, 2.24) is 9.88 Å². The van der Waals surface area contributed by atoms with E-state index in [4.69, 9.17) is 9.72 Å². The Bertz CT molecular complexity index is 687. The van der Waals surface area contributed by atoms with E-state index in [-0.39, 0.29) is 18.2 Å². The number of piperazine rings is 1. The molecule has 6 nitrogen and oxygen atoms in total. The van der Waals surface area contributed by atoms with Crippen LogP contribution in [-0.2, 0) is 11.2 Å². The molecule has 3 atom stereocenters. The van der Waals surface area contributed by atoms with Crippen LogP contribution in [0.1, 0.15) is 52.0 Å². The number of aliphatic hydroxyl groups excluding tert-OH is 1. The first-order valence-corrected chi connectivity index (χ1v) is 9.78. The maximum atomic E-state index is 12.5. The Kier molecular flexibility index (Phi) is 4.91. The van der Waals surface area contributed by atoms with Crippen LogP contribution < -0.4 is 4.90 Å². The number of hydrogen-bond acceptors (Lipinski definition) is 5. The molecule has 7 heteroatoms. The number of rotatable bonds is 1. The smallest absolute Gasteiger partial charge is 0.410 e. The molecule has 25 heavy (non-hydrogen) atoms. The molecule has 0 saturated carbocycles. The Morgan fingerprint density at radius 1 is 1.44 bits per heavy atom. The first-order valence-electron chi connectivity index (χ1n) is 8.70. The van der Waals surface area contributed by atoms with Crippen LogP contribution in [0.5, 0.6) is 0 Å². The minimum absolute atomic E-state index is 0.155. The number of aliphatic hydroxyl groups is 1. The highest BCUT2D eigenvalue weighted by atomic mass is 127. The number of ether oxygens (including phenoxy) is 1. The van der Waals surface area contributed by atoms with Gasteiger partial charge in [-0.15, -0.1) is 0 Å². The summed E-state index contributed by atoms with van der Waals surface area (Å²) >= 11 is 2.23. The van der Waals surface area contributed by atoms with Crippen molar-refractivity contribution in [2.24, 2.45) is 0 Å². The molecule has 1 aromatic rings. The van der Waals surface area contributed by atoms with Gasteiger partial charge in [0.05, 0.1) is 17.8 Å². The largest absolute Gasteiger partial charge is 0.444 e. The molecule has 3 heterocycles. The molecule has 138 valence electrons. The van der Waals surface area contributed by atoms with E-state index in [0.29, 0.717) is 13.1 Å². The van der Waals surface area contributed by atoms with Gasteiger partial charge in [-0.25, -0.2) is 9.78 Å². The van der Waals surface area contributed by atoms with E-state index in [1.807, 2.05) is 25.7 Å². The predicted octanol–water partition coefficient (Wildman–Crippen LogP) is 3.11. The van der Waals surface area contributed by atoms with Gasteiger partial charge in [0.1, 0.15) is 11.4 Å². The number of hydrogen-bond donors (Lipinski definition) is 1. The highest BCUT2D eigenvalue weighted by molar-refractivity contribution is 14.1. The minimum atomic E-state index is -0.588. The summed E-state index contributed by atoms with van der Waals surface area (Å²) in [5.74, 6) is 0.956. The van der Waals surface area contributed by atoms with E-state index in [1.54, 1.807) is 6.92 Å². The molecule has 0 bridgehead atoms. The summed E-state index contributed by atoms with van der Waals surface area (Å²) < 4.78 is 6.53. The first-order chi connectivity index (χ1) is 11.6. The average Bonchev–Trinajstić information content (AvgIpc) is 2.81. The van der Waals surface area contributed by atoms with E-state index in [1.165, 1.54) is 5.56 Å². The van der Waals surface area contributed by atoms with Gasteiger partial charge < -0.3 is 19.6 Å². The predicted molar refractivity (Wildman–Crippen MR) is 105 cm³/mol. The lowest BCUT2D eigenvalue weighted by Crippen LogP contribution is -2.58. The third-order valence-corrected chi connectivity index (χ3v) is 5.45. The Balaban J connectivity index is 1.83. The van der Waals surface area contributed by atoms with Gasteiger partial charge in [0.2, 0.25) is 0 Å². The molecule has 1 amide bonds. The number of carbonyl (C=O) groups is 1. The molecule has 0 spiro atoms. The average molecular weight is 459 g/mol. The van der Waals surface area contributed by atoms with Gasteiger partial charge in [-0.1, -0.05) is 0 Å². The number of carbonyl (C=O) groups excluding carboxylic acids is 1. The number of aromatic nitrogens is 1. The SMILES string of the molecule is CC1CN(C(=O)OC(C)(C)C)CC2Cc3cc(I)c([C@@H](C)O)nc3N12. The molecule has 0 aliphatic carbocycles. The van der Waals surface area contributed by atoms with Crippen LogP contribution in [0.2, 0.25) is 0 Å². The van der Waals surface area contributed by atoms with E-state index >= 15 is 0 Å². The van der Waals surface area contributed by atoms with Crippen molar-refractivity contribution in [1.29, 1.82) is 0 Å². The van der Waals surface area contributed by atoms with Crippen molar-refractivity contribution >= 4 is 34.5 Å². The molecule has 2 aliphatic heterocycles. The van der Waals surface area contributed by atoms with Gasteiger partial charge in [0.15, 0.2) is 0 Å². The second kappa shape index (κ2) is 6.57. The van der Waals surface area contributed by atoms with Crippen LogP contribution in [0.4, 0.5) is 10.6 Å². The molecular weight excluding hydrogens is 433 g/mol. The van der Waals surface area contributed by atoms with Crippen LogP contribution in [0.25, 0.3) is 0 Å². The van der Waals surface area contributed by atoms with Gasteiger partial charge in [-0.3, -0.25) is 0 Å². The number of halogens is 1. The minimum Gasteiger partial charge on any atom is -0.444 e. The van der Waals surface area contributed by atoms with Crippen LogP contribution in [0.15, 0.2) is 6.07 Å². The van der Waals surface area contributed by atoms with E-state index in [2.05, 4.69) is 40.5 Å². The summed E-state index contributed by atoms with van der Waals surface area (Å²) in [5, 5.41) is 9.97. The lowest BCUT2D eigenvalue weighted by atomic mass is 10.1. The Labute approximate surface area is 162 Å². The van der Waals surface area contributed by atoms with Crippen LogP contribution in [0.3, 0.4) is 0 Å². The summed E-state index contributed by atoms with van der Waals surface area (Å²) in [7, 11) is 0. The van der Waals surface area contributed by atoms with Gasteiger partial charge >= 0.3 is 6.09 Å². The molecule has 3 rings (SSSR count). The summed E-state index contributed by atoms with van der Waals surface area (Å²) in [6.07, 6.45) is 0.0268. The van der Waals surface area contributed by atoms with Crippen molar-refractivity contribution in [2.75, 3.05) is 18.0 Å². The van der Waals surface area contributed by atoms with Crippen molar-refractivity contribution in [3.8, 4) is 0 Å². The van der Waals surface area contributed by atoms with Gasteiger partial charge in [-0.05, 0) is 75.3 Å². The highest BCUT2D eigenvalue weighted by Gasteiger charge is 2.41. The Morgan fingerprint density at radius 2 is 2.12 bits per heavy atom. The van der Waals surface area contributed by atoms with Crippen LogP contribution in [-0.4, -0.2) is 51.9 Å². The number of fused-ring (bicyclic) bond motifs is 3. The highest BCUT2D eigenvalue weighted by Crippen LogP contribution is 2.37. The summed E-state index contributed by atoms with van der Waals surface area (Å²) in [4.78, 5) is 21.3. The summed E-state index contributed by atoms with van der Waals surface area (Å²) in [6, 6.07) is 2.48. The second-order valence-corrected chi connectivity index (χ2v) is 9.18. The quantitative estimate of drug-likeness (QED) is 0.654. The molecule has 0 aromatic carbocycles. The molecule has 2 aliphatic rings. The first kappa shape index (κ1) is 18.7. The number of anilines is 1. The van der Waals surface area contributed by atoms with E-state index < -0.39 is 11.7 Å². The fourth-order valence-corrected chi connectivity index (χ4v) is 4.60. The van der Waals surface area contributed by atoms with Crippen LogP contribution >= 0.6 is 22.6 Å². The third kappa shape index (κ3) is 3.72. The summed E-state index contributed by atoms with van der Waals surface area (Å²) in [5.41, 5.74) is 1.43. The number of amides is 1. The monoisotopic (exact) mass is 459 g/mol. The maximum Gasteiger partial charge on any atom is 0.410 e. The van der Waals surface area contributed by atoms with Crippen molar-refractivity contribution in [2.45, 2.75) is 64.8 Å². The maximum absolute atomic E-state index is 12.5. The van der Waals surface area contributed by atoms with Crippen molar-refractivity contribution in [3.05, 3.63) is 20.9 Å². The zero-order chi connectivity index (χ0) is 18.5. The van der Waals surface area contributed by atoms with Crippen molar-refractivity contribution in [3.63, 3.8) is 0 Å². The zero-order valence-corrected chi connectivity index (χ0v) is 17.6. The third-order valence-electron chi connectivity index (χ3n) is 4.59. The molecule has 0 radical (unpaired) electrons. The Morgan fingerprint density at radius 3 is 2.72 bits per heavy atom. The lowest BCUT2D eigenvalue weighted by Gasteiger charge is -2.43. The zero-order valence-electron chi connectivity index (χ0n) is 15.4. The Hall–Kier alpha value is -1.09. The second-order valence-electron chi connectivity index (χ2n) is 8.01. The molecule has 1 saturated heterocycles. The molecular formula is C18H26IN3O3. The standard InChI is InChI=1S/C18H26IN3O3/c1-10-8-21(17(24)25-18(3,4)5)9-13-6-12-7-14(19)15(11(2)23)20-16(12)22(10)13/h7,10-11,13,23H,6,8-9H2,1-5H3/t10?,11-,13?/m1/s1. The van der Waals surface area contributed by atoms with Gasteiger partial charge in [0.25, 0.3) is 0 Å². The van der Waals surface area contributed by atoms with Gasteiger partial charge in [0, 0.05) is 22.7 Å². The normalized spacial score (nSPS) is 24.0. The summed E-state index contributed by atoms with van der Waals surface area (Å²) in [6.45, 7) is 10.8. The van der Waals surface area contributed by atoms with Crippen molar-refractivity contribution < 1.29 is 14.6 Å². The molecule has 1 aromatic heterocycles. The molecule has 2 unspecified atom stereocenters. The van der Waals surface area contributed by atoms with E-state index in [9.17, 15) is 9.90 Å². The van der Waals surface area contributed by atoms with Crippen LogP contribution in [0, 0.1) is 3.57 Å². The fourth-order valence-electron chi connectivity index (χ4n) is 3.66. The topological polar surface area (TPSA) is 65.9 Å². The molecule has 1 N–H and O–H groups in total. The number of pyridine rings is 1.